The van der Waals surface area contributed by atoms with E-state index in [9.17, 15) is 9.59 Å². The van der Waals surface area contributed by atoms with Crippen LogP contribution in [0.1, 0.15) is 19.4 Å². The number of rotatable bonds is 9. The lowest BCUT2D eigenvalue weighted by Crippen LogP contribution is -2.29. The van der Waals surface area contributed by atoms with E-state index in [1.807, 2.05) is 24.3 Å². The first-order valence-electron chi connectivity index (χ1n) is 7.02. The Kier molecular flexibility index (Phi) is 7.99. The highest BCUT2D eigenvalue weighted by atomic mass is 16.6. The van der Waals surface area contributed by atoms with Gasteiger partial charge in [-0.1, -0.05) is 12.1 Å². The molecule has 0 aliphatic heterocycles. The second kappa shape index (κ2) is 9.78. The van der Waals surface area contributed by atoms with Crippen LogP contribution in [0.25, 0.3) is 0 Å². The molecule has 0 spiro atoms. The highest BCUT2D eigenvalue weighted by Crippen LogP contribution is 2.13. The van der Waals surface area contributed by atoms with E-state index in [4.69, 9.17) is 18.9 Å². The van der Waals surface area contributed by atoms with Crippen molar-refractivity contribution in [3.05, 3.63) is 29.8 Å². The summed E-state index contributed by atoms with van der Waals surface area (Å²) < 4.78 is 20.5. The van der Waals surface area contributed by atoms with E-state index >= 15 is 0 Å². The minimum atomic E-state index is -0.630. The summed E-state index contributed by atoms with van der Waals surface area (Å²) in [6.07, 6.45) is 0.203. The smallest absolute Gasteiger partial charge is 0.303 e. The quantitative estimate of drug-likeness (QED) is 0.647. The van der Waals surface area contributed by atoms with Gasteiger partial charge in [0.2, 0.25) is 0 Å². The topological polar surface area (TPSA) is 71.1 Å². The minimum absolute atomic E-state index is 0.0269. The average molecular weight is 310 g/mol. The Labute approximate surface area is 130 Å². The van der Waals surface area contributed by atoms with Crippen LogP contribution in [0.2, 0.25) is 0 Å². The van der Waals surface area contributed by atoms with Crippen LogP contribution < -0.4 is 4.74 Å². The normalized spacial score (nSPS) is 11.6. The van der Waals surface area contributed by atoms with Crippen LogP contribution in [0.15, 0.2) is 24.3 Å². The number of hydrogen-bond acceptors (Lipinski definition) is 6. The van der Waals surface area contributed by atoms with Crippen molar-refractivity contribution in [3.63, 3.8) is 0 Å². The molecular formula is C16H22O6. The van der Waals surface area contributed by atoms with Gasteiger partial charge in [-0.15, -0.1) is 0 Å². The van der Waals surface area contributed by atoms with E-state index in [0.29, 0.717) is 12.4 Å². The first kappa shape index (κ1) is 18.0. The van der Waals surface area contributed by atoms with Crippen LogP contribution in [0, 0.1) is 0 Å². The second-order valence-corrected chi connectivity index (χ2v) is 4.73. The Morgan fingerprint density at radius 3 is 2.27 bits per heavy atom. The number of esters is 2. The number of methoxy groups -OCH3 is 1. The molecule has 0 aliphatic rings. The lowest BCUT2D eigenvalue weighted by atomic mass is 10.1. The summed E-state index contributed by atoms with van der Waals surface area (Å²) in [6, 6.07) is 7.56. The summed E-state index contributed by atoms with van der Waals surface area (Å²) in [4.78, 5) is 21.8. The van der Waals surface area contributed by atoms with E-state index in [-0.39, 0.29) is 13.2 Å². The number of benzene rings is 1. The first-order valence-corrected chi connectivity index (χ1v) is 7.02. The van der Waals surface area contributed by atoms with Crippen LogP contribution in [0.4, 0.5) is 0 Å². The summed E-state index contributed by atoms with van der Waals surface area (Å²) in [5.74, 6) is -0.226. The Bertz CT molecular complexity index is 468. The molecule has 122 valence electrons. The van der Waals surface area contributed by atoms with Crippen molar-refractivity contribution in [1.82, 2.24) is 0 Å². The van der Waals surface area contributed by atoms with Gasteiger partial charge in [0.25, 0.3) is 0 Å². The average Bonchev–Trinajstić information content (AvgIpc) is 2.48. The van der Waals surface area contributed by atoms with Crippen molar-refractivity contribution >= 4 is 11.9 Å². The van der Waals surface area contributed by atoms with Crippen molar-refractivity contribution in [3.8, 4) is 5.75 Å². The monoisotopic (exact) mass is 310 g/mol. The molecule has 0 bridgehead atoms. The maximum Gasteiger partial charge on any atom is 0.303 e. The highest BCUT2D eigenvalue weighted by molar-refractivity contribution is 5.67. The van der Waals surface area contributed by atoms with Crippen LogP contribution in [-0.4, -0.2) is 45.0 Å². The van der Waals surface area contributed by atoms with E-state index in [0.717, 1.165) is 12.0 Å². The summed E-state index contributed by atoms with van der Waals surface area (Å²) in [5.41, 5.74) is 1.14. The fourth-order valence-corrected chi connectivity index (χ4v) is 1.72. The third kappa shape index (κ3) is 7.64. The predicted octanol–water partition coefficient (Wildman–Crippen LogP) is 1.75. The van der Waals surface area contributed by atoms with Crippen LogP contribution >= 0.6 is 0 Å². The molecule has 0 saturated carbocycles. The van der Waals surface area contributed by atoms with E-state index in [1.54, 1.807) is 7.11 Å². The molecule has 0 aliphatic carbocycles. The number of hydrogen-bond donors (Lipinski definition) is 0. The summed E-state index contributed by atoms with van der Waals surface area (Å²) in [7, 11) is 1.66. The number of ether oxygens (including phenoxy) is 4. The Balaban J connectivity index is 2.48. The largest absolute Gasteiger partial charge is 0.490 e. The molecule has 0 heterocycles. The molecule has 0 N–H and O–H groups in total. The van der Waals surface area contributed by atoms with E-state index in [2.05, 4.69) is 0 Å². The standard InChI is InChI=1S/C16H22O6/c1-12(17)20-10-16(22-13(2)18)11-21-15-6-4-14(5-7-15)8-9-19-3/h4-7,16H,8-11H2,1-3H3. The van der Waals surface area contributed by atoms with Gasteiger partial charge in [0.1, 0.15) is 19.0 Å². The first-order chi connectivity index (χ1) is 10.5. The van der Waals surface area contributed by atoms with E-state index < -0.39 is 18.0 Å². The second-order valence-electron chi connectivity index (χ2n) is 4.73. The Morgan fingerprint density at radius 1 is 1.05 bits per heavy atom. The lowest BCUT2D eigenvalue weighted by Gasteiger charge is -2.17. The molecule has 6 nitrogen and oxygen atoms in total. The van der Waals surface area contributed by atoms with Gasteiger partial charge in [-0.05, 0) is 24.1 Å². The molecular weight excluding hydrogens is 288 g/mol. The Hall–Kier alpha value is -2.08. The molecule has 0 aromatic heterocycles. The van der Waals surface area contributed by atoms with Crippen LogP contribution in [0.5, 0.6) is 5.75 Å². The molecule has 0 amide bonds. The van der Waals surface area contributed by atoms with Crippen molar-refractivity contribution in [2.45, 2.75) is 26.4 Å². The predicted molar refractivity (Wildman–Crippen MR) is 79.7 cm³/mol. The molecule has 0 radical (unpaired) electrons. The maximum absolute atomic E-state index is 11.0. The SMILES string of the molecule is COCCc1ccc(OCC(COC(C)=O)OC(C)=O)cc1. The molecule has 0 fully saturated rings. The van der Waals surface area contributed by atoms with Gasteiger partial charge >= 0.3 is 11.9 Å². The van der Waals surface area contributed by atoms with Crippen molar-refractivity contribution in [2.75, 3.05) is 26.9 Å². The fraction of sp³-hybridized carbons (Fsp3) is 0.500. The van der Waals surface area contributed by atoms with Crippen molar-refractivity contribution in [2.24, 2.45) is 0 Å². The van der Waals surface area contributed by atoms with E-state index in [1.165, 1.54) is 13.8 Å². The number of carbonyl (C=O) groups is 2. The van der Waals surface area contributed by atoms with Gasteiger partial charge in [-0.3, -0.25) is 9.59 Å². The van der Waals surface area contributed by atoms with Gasteiger partial charge < -0.3 is 18.9 Å². The van der Waals surface area contributed by atoms with Gasteiger partial charge in [0, 0.05) is 21.0 Å². The molecule has 1 aromatic rings. The van der Waals surface area contributed by atoms with Crippen molar-refractivity contribution < 1.29 is 28.5 Å². The summed E-state index contributed by atoms with van der Waals surface area (Å²) in [6.45, 7) is 3.35. The molecule has 1 unspecified atom stereocenters. The zero-order valence-electron chi connectivity index (χ0n) is 13.2. The molecule has 1 rings (SSSR count). The maximum atomic E-state index is 11.0. The Morgan fingerprint density at radius 2 is 1.73 bits per heavy atom. The molecule has 6 heteroatoms. The number of carbonyl (C=O) groups excluding carboxylic acids is 2. The summed E-state index contributed by atoms with van der Waals surface area (Å²) >= 11 is 0. The van der Waals surface area contributed by atoms with Gasteiger partial charge in [-0.25, -0.2) is 0 Å². The zero-order chi connectivity index (χ0) is 16.4. The zero-order valence-corrected chi connectivity index (χ0v) is 13.2. The van der Waals surface area contributed by atoms with Crippen molar-refractivity contribution in [1.29, 1.82) is 0 Å². The third-order valence-electron chi connectivity index (χ3n) is 2.76. The van der Waals surface area contributed by atoms with Crippen LogP contribution in [0.3, 0.4) is 0 Å². The fourth-order valence-electron chi connectivity index (χ4n) is 1.72. The summed E-state index contributed by atoms with van der Waals surface area (Å²) in [5, 5.41) is 0. The highest BCUT2D eigenvalue weighted by Gasteiger charge is 2.15. The van der Waals surface area contributed by atoms with Gasteiger partial charge in [-0.2, -0.15) is 0 Å². The third-order valence-corrected chi connectivity index (χ3v) is 2.76. The molecule has 0 saturated heterocycles. The van der Waals surface area contributed by atoms with Gasteiger partial charge in [0.15, 0.2) is 6.10 Å². The molecule has 22 heavy (non-hydrogen) atoms. The minimum Gasteiger partial charge on any atom is -0.490 e. The van der Waals surface area contributed by atoms with Crippen LogP contribution in [-0.2, 0) is 30.2 Å². The molecule has 1 aromatic carbocycles. The molecule has 1 atom stereocenters. The van der Waals surface area contributed by atoms with Gasteiger partial charge in [0.05, 0.1) is 6.61 Å². The lowest BCUT2D eigenvalue weighted by molar-refractivity contribution is -0.158.